The van der Waals surface area contributed by atoms with Crippen molar-refractivity contribution >= 4 is 17.6 Å². The predicted molar refractivity (Wildman–Crippen MR) is 110 cm³/mol. The molecule has 0 saturated carbocycles. The van der Waals surface area contributed by atoms with Crippen LogP contribution in [0.1, 0.15) is 36.4 Å². The van der Waals surface area contributed by atoms with Gasteiger partial charge in [0, 0.05) is 18.4 Å². The van der Waals surface area contributed by atoms with Gasteiger partial charge >= 0.3 is 5.97 Å². The number of carbonyl (C=O) groups is 2. The highest BCUT2D eigenvalue weighted by atomic mass is 16.5. The molecular formula is C22H24N2O6. The highest BCUT2D eigenvalue weighted by Gasteiger charge is 2.34. The van der Waals surface area contributed by atoms with E-state index in [9.17, 15) is 9.59 Å². The molecule has 2 aromatic rings. The number of hydrogen-bond donors (Lipinski definition) is 1. The number of hydrogen-bond acceptors (Lipinski definition) is 6. The van der Waals surface area contributed by atoms with Gasteiger partial charge in [-0.3, -0.25) is 9.59 Å². The van der Waals surface area contributed by atoms with Crippen molar-refractivity contribution in [3.8, 4) is 17.2 Å². The average molecular weight is 412 g/mol. The van der Waals surface area contributed by atoms with Crippen molar-refractivity contribution in [1.29, 1.82) is 0 Å². The largest absolute Gasteiger partial charge is 0.497 e. The molecule has 1 aliphatic heterocycles. The van der Waals surface area contributed by atoms with E-state index < -0.39 is 5.97 Å². The first kappa shape index (κ1) is 21.2. The molecule has 8 nitrogen and oxygen atoms in total. The molecule has 0 bridgehead atoms. The van der Waals surface area contributed by atoms with E-state index in [1.165, 1.54) is 5.01 Å². The van der Waals surface area contributed by atoms with E-state index in [0.717, 1.165) is 11.1 Å². The van der Waals surface area contributed by atoms with Crippen molar-refractivity contribution in [3.05, 3.63) is 53.6 Å². The Balaban J connectivity index is 1.98. The Hall–Kier alpha value is -3.55. The number of nitrogens with zero attached hydrogens (tertiary/aromatic N) is 2. The number of aliphatic carboxylic acids is 1. The third-order valence-corrected chi connectivity index (χ3v) is 4.94. The summed E-state index contributed by atoms with van der Waals surface area (Å²) in [4.78, 5) is 23.7. The quantitative estimate of drug-likeness (QED) is 0.715. The lowest BCUT2D eigenvalue weighted by Gasteiger charge is -2.22. The van der Waals surface area contributed by atoms with Crippen LogP contribution in [0.5, 0.6) is 17.2 Å². The van der Waals surface area contributed by atoms with Crippen LogP contribution in [0.3, 0.4) is 0 Å². The molecule has 0 radical (unpaired) electrons. The lowest BCUT2D eigenvalue weighted by molar-refractivity contribution is -0.141. The zero-order valence-corrected chi connectivity index (χ0v) is 17.1. The highest BCUT2D eigenvalue weighted by molar-refractivity contribution is 6.05. The lowest BCUT2D eigenvalue weighted by atomic mass is 9.97. The standard InChI is InChI=1S/C22H24N2O6/c1-28-15-6-4-14(5-7-15)19-13-18(23-24(19)21(25)10-11-22(26)27)17-12-16(29-2)8-9-20(17)30-3/h4-9,12,19H,10-11,13H2,1-3H3,(H,26,27)/t19-/m1/s1. The molecule has 2 aromatic carbocycles. The highest BCUT2D eigenvalue weighted by Crippen LogP contribution is 2.37. The fraction of sp³-hybridized carbons (Fsp3) is 0.318. The van der Waals surface area contributed by atoms with Crippen LogP contribution in [-0.2, 0) is 9.59 Å². The zero-order chi connectivity index (χ0) is 21.7. The van der Waals surface area contributed by atoms with E-state index >= 15 is 0 Å². The van der Waals surface area contributed by atoms with E-state index in [-0.39, 0.29) is 24.8 Å². The van der Waals surface area contributed by atoms with Gasteiger partial charge in [0.15, 0.2) is 0 Å². The molecule has 0 aliphatic carbocycles. The van der Waals surface area contributed by atoms with E-state index in [4.69, 9.17) is 19.3 Å². The van der Waals surface area contributed by atoms with Crippen molar-refractivity contribution in [2.45, 2.75) is 25.3 Å². The number of ether oxygens (including phenoxy) is 3. The summed E-state index contributed by atoms with van der Waals surface area (Å²) < 4.78 is 16.0. The molecule has 1 amide bonds. The normalized spacial score (nSPS) is 15.5. The number of carboxylic acid groups (broad SMARTS) is 1. The average Bonchev–Trinajstić information content (AvgIpc) is 3.22. The summed E-state index contributed by atoms with van der Waals surface area (Å²) in [5.74, 6) is 0.585. The van der Waals surface area contributed by atoms with Gasteiger partial charge in [-0.15, -0.1) is 0 Å². The molecule has 0 aromatic heterocycles. The van der Waals surface area contributed by atoms with Crippen LogP contribution in [0.4, 0.5) is 0 Å². The topological polar surface area (TPSA) is 97.7 Å². The monoisotopic (exact) mass is 412 g/mol. The summed E-state index contributed by atoms with van der Waals surface area (Å²) in [6.07, 6.45) is 0.0701. The molecular weight excluding hydrogens is 388 g/mol. The second kappa shape index (κ2) is 9.30. The van der Waals surface area contributed by atoms with E-state index in [2.05, 4.69) is 5.10 Å². The summed E-state index contributed by atoms with van der Waals surface area (Å²) in [7, 11) is 4.73. The van der Waals surface area contributed by atoms with Crippen LogP contribution in [0.2, 0.25) is 0 Å². The van der Waals surface area contributed by atoms with Crippen molar-refractivity contribution in [2.24, 2.45) is 5.10 Å². The van der Waals surface area contributed by atoms with Gasteiger partial charge in [0.25, 0.3) is 0 Å². The van der Waals surface area contributed by atoms with Gasteiger partial charge < -0.3 is 19.3 Å². The van der Waals surface area contributed by atoms with Crippen LogP contribution < -0.4 is 14.2 Å². The Bertz CT molecular complexity index is 955. The van der Waals surface area contributed by atoms with E-state index in [1.54, 1.807) is 33.5 Å². The molecule has 1 heterocycles. The zero-order valence-electron chi connectivity index (χ0n) is 17.1. The number of rotatable bonds is 8. The molecule has 0 unspecified atom stereocenters. The molecule has 8 heteroatoms. The Morgan fingerprint density at radius 3 is 2.27 bits per heavy atom. The minimum absolute atomic E-state index is 0.131. The number of benzene rings is 2. The molecule has 1 aliphatic rings. The molecule has 0 spiro atoms. The van der Waals surface area contributed by atoms with Gasteiger partial charge in [0.05, 0.1) is 39.5 Å². The molecule has 1 N–H and O–H groups in total. The molecule has 0 saturated heterocycles. The van der Waals surface area contributed by atoms with Gasteiger partial charge in [-0.1, -0.05) is 12.1 Å². The Morgan fingerprint density at radius 1 is 1.00 bits per heavy atom. The maximum absolute atomic E-state index is 12.8. The lowest BCUT2D eigenvalue weighted by Crippen LogP contribution is -2.27. The van der Waals surface area contributed by atoms with Crippen molar-refractivity contribution in [2.75, 3.05) is 21.3 Å². The van der Waals surface area contributed by atoms with Gasteiger partial charge in [0.2, 0.25) is 5.91 Å². The van der Waals surface area contributed by atoms with Gasteiger partial charge in [-0.05, 0) is 35.9 Å². The second-order valence-corrected chi connectivity index (χ2v) is 6.74. The molecule has 30 heavy (non-hydrogen) atoms. The molecule has 158 valence electrons. The smallest absolute Gasteiger partial charge is 0.303 e. The molecule has 1 atom stereocenters. The summed E-state index contributed by atoms with van der Waals surface area (Å²) in [5, 5.41) is 14.9. The fourth-order valence-electron chi connectivity index (χ4n) is 3.36. The first-order chi connectivity index (χ1) is 14.5. The number of amides is 1. The fourth-order valence-corrected chi connectivity index (χ4v) is 3.36. The minimum Gasteiger partial charge on any atom is -0.497 e. The SMILES string of the molecule is COc1ccc([C@H]2CC(c3cc(OC)ccc3OC)=NN2C(=O)CCC(=O)O)cc1. The van der Waals surface area contributed by atoms with Crippen LogP contribution in [0.15, 0.2) is 47.6 Å². The van der Waals surface area contributed by atoms with Crippen LogP contribution in [0.25, 0.3) is 0 Å². The Labute approximate surface area is 174 Å². The summed E-state index contributed by atoms with van der Waals surface area (Å²) in [5.41, 5.74) is 2.26. The third-order valence-electron chi connectivity index (χ3n) is 4.94. The Kier molecular flexibility index (Phi) is 6.56. The summed E-state index contributed by atoms with van der Waals surface area (Å²) >= 11 is 0. The maximum Gasteiger partial charge on any atom is 0.303 e. The van der Waals surface area contributed by atoms with Crippen molar-refractivity contribution in [1.82, 2.24) is 5.01 Å². The van der Waals surface area contributed by atoms with Gasteiger partial charge in [0.1, 0.15) is 17.2 Å². The number of carboxylic acids is 1. The number of methoxy groups -OCH3 is 3. The molecule has 0 fully saturated rings. The summed E-state index contributed by atoms with van der Waals surface area (Å²) in [6.45, 7) is 0. The molecule has 3 rings (SSSR count). The van der Waals surface area contributed by atoms with Crippen LogP contribution >= 0.6 is 0 Å². The first-order valence-electron chi connectivity index (χ1n) is 9.44. The van der Waals surface area contributed by atoms with Crippen molar-refractivity contribution < 1.29 is 28.9 Å². The van der Waals surface area contributed by atoms with Gasteiger partial charge in [-0.25, -0.2) is 5.01 Å². The predicted octanol–water partition coefficient (Wildman–Crippen LogP) is 3.25. The van der Waals surface area contributed by atoms with Crippen LogP contribution in [-0.4, -0.2) is 49.0 Å². The summed E-state index contributed by atoms with van der Waals surface area (Å²) in [6, 6.07) is 12.4. The van der Waals surface area contributed by atoms with Crippen molar-refractivity contribution in [3.63, 3.8) is 0 Å². The van der Waals surface area contributed by atoms with Gasteiger partial charge in [-0.2, -0.15) is 5.10 Å². The third kappa shape index (κ3) is 4.53. The van der Waals surface area contributed by atoms with E-state index in [0.29, 0.717) is 29.4 Å². The first-order valence-corrected chi connectivity index (χ1v) is 9.44. The number of hydrazone groups is 1. The van der Waals surface area contributed by atoms with Crippen LogP contribution in [0, 0.1) is 0 Å². The maximum atomic E-state index is 12.8. The number of carbonyl (C=O) groups excluding carboxylic acids is 1. The minimum atomic E-state index is -1.03. The Morgan fingerprint density at radius 2 is 1.67 bits per heavy atom. The van der Waals surface area contributed by atoms with E-state index in [1.807, 2.05) is 30.3 Å². The second-order valence-electron chi connectivity index (χ2n) is 6.74.